The van der Waals surface area contributed by atoms with E-state index in [1.807, 2.05) is 42.5 Å². The second-order valence-electron chi connectivity index (χ2n) is 4.71. The first-order valence-corrected chi connectivity index (χ1v) is 7.54. The highest BCUT2D eigenvalue weighted by Gasteiger charge is 2.16. The minimum Gasteiger partial charge on any atom is -0.467 e. The number of nitrogens with zero attached hydrogens (tertiary/aromatic N) is 1. The molecule has 0 aliphatic rings. The molecule has 2 heterocycles. The van der Waals surface area contributed by atoms with Gasteiger partial charge in [0.25, 0.3) is 0 Å². The fraction of sp³-hybridized carbons (Fsp3) is 0.118. The van der Waals surface area contributed by atoms with E-state index in [-0.39, 0.29) is 6.04 Å². The Hall–Kier alpha value is -1.91. The summed E-state index contributed by atoms with van der Waals surface area (Å²) in [5, 5.41) is 3.50. The minimum absolute atomic E-state index is 0.0200. The molecule has 2 aromatic heterocycles. The number of hydrogen-bond acceptors (Lipinski definition) is 3. The molecular formula is C17H15BrN2O. The summed E-state index contributed by atoms with van der Waals surface area (Å²) in [6, 6.07) is 18.2. The largest absolute Gasteiger partial charge is 0.467 e. The summed E-state index contributed by atoms with van der Waals surface area (Å²) in [4.78, 5) is 4.39. The predicted octanol–water partition coefficient (Wildman–Crippen LogP) is 4.32. The van der Waals surface area contributed by atoms with Crippen LogP contribution >= 0.6 is 15.9 Å². The van der Waals surface area contributed by atoms with E-state index in [0.29, 0.717) is 6.54 Å². The van der Waals surface area contributed by atoms with Gasteiger partial charge in [0.15, 0.2) is 0 Å². The van der Waals surface area contributed by atoms with Crippen molar-refractivity contribution >= 4 is 15.9 Å². The van der Waals surface area contributed by atoms with Gasteiger partial charge in [0.05, 0.1) is 18.0 Å². The molecule has 0 saturated heterocycles. The molecule has 4 heteroatoms. The maximum atomic E-state index is 5.57. The van der Waals surface area contributed by atoms with Crippen molar-refractivity contribution < 1.29 is 4.42 Å². The molecule has 3 aromatic rings. The van der Waals surface area contributed by atoms with E-state index in [2.05, 4.69) is 38.4 Å². The SMILES string of the molecule is Brc1ccc(CNC(c2ccccc2)c2ccco2)nc1. The van der Waals surface area contributed by atoms with Crippen molar-refractivity contribution in [3.05, 3.63) is 88.5 Å². The summed E-state index contributed by atoms with van der Waals surface area (Å²) in [6.07, 6.45) is 3.51. The van der Waals surface area contributed by atoms with Gasteiger partial charge < -0.3 is 4.42 Å². The van der Waals surface area contributed by atoms with Gasteiger partial charge in [-0.05, 0) is 45.8 Å². The molecule has 0 bridgehead atoms. The number of nitrogens with one attached hydrogen (secondary N) is 1. The third kappa shape index (κ3) is 3.60. The van der Waals surface area contributed by atoms with Gasteiger partial charge in [0.1, 0.15) is 5.76 Å². The van der Waals surface area contributed by atoms with Crippen LogP contribution < -0.4 is 5.32 Å². The number of rotatable bonds is 5. The molecule has 21 heavy (non-hydrogen) atoms. The number of aromatic nitrogens is 1. The molecule has 3 rings (SSSR count). The predicted molar refractivity (Wildman–Crippen MR) is 85.8 cm³/mol. The molecule has 0 aliphatic carbocycles. The Labute approximate surface area is 132 Å². The summed E-state index contributed by atoms with van der Waals surface area (Å²) < 4.78 is 6.55. The van der Waals surface area contributed by atoms with Crippen LogP contribution in [0.5, 0.6) is 0 Å². The molecule has 1 N–H and O–H groups in total. The second kappa shape index (κ2) is 6.70. The molecule has 1 unspecified atom stereocenters. The van der Waals surface area contributed by atoms with E-state index in [4.69, 9.17) is 4.42 Å². The topological polar surface area (TPSA) is 38.1 Å². The van der Waals surface area contributed by atoms with Crippen LogP contribution in [0.3, 0.4) is 0 Å². The number of halogens is 1. The highest BCUT2D eigenvalue weighted by molar-refractivity contribution is 9.10. The fourth-order valence-corrected chi connectivity index (χ4v) is 2.44. The Bertz CT molecular complexity index is 666. The molecule has 0 radical (unpaired) electrons. The highest BCUT2D eigenvalue weighted by Crippen LogP contribution is 2.22. The molecule has 0 saturated carbocycles. The first-order valence-electron chi connectivity index (χ1n) is 6.75. The van der Waals surface area contributed by atoms with Gasteiger partial charge in [-0.15, -0.1) is 0 Å². The lowest BCUT2D eigenvalue weighted by molar-refractivity contribution is 0.444. The van der Waals surface area contributed by atoms with E-state index >= 15 is 0 Å². The summed E-state index contributed by atoms with van der Waals surface area (Å²) in [5.41, 5.74) is 2.16. The standard InChI is InChI=1S/C17H15BrN2O/c18-14-8-9-15(19-11-14)12-20-17(16-7-4-10-21-16)13-5-2-1-3-6-13/h1-11,17,20H,12H2. The van der Waals surface area contributed by atoms with Crippen LogP contribution in [0, 0.1) is 0 Å². The third-order valence-electron chi connectivity index (χ3n) is 3.24. The van der Waals surface area contributed by atoms with Crippen molar-refractivity contribution in [3.8, 4) is 0 Å². The van der Waals surface area contributed by atoms with Gasteiger partial charge >= 0.3 is 0 Å². The van der Waals surface area contributed by atoms with Gasteiger partial charge in [-0.2, -0.15) is 0 Å². The van der Waals surface area contributed by atoms with Crippen molar-refractivity contribution in [2.45, 2.75) is 12.6 Å². The molecule has 106 valence electrons. The van der Waals surface area contributed by atoms with Crippen LogP contribution in [0.4, 0.5) is 0 Å². The fourth-order valence-electron chi connectivity index (χ4n) is 2.20. The zero-order valence-electron chi connectivity index (χ0n) is 11.4. The normalized spacial score (nSPS) is 12.2. The number of furan rings is 1. The van der Waals surface area contributed by atoms with E-state index in [1.165, 1.54) is 5.56 Å². The van der Waals surface area contributed by atoms with Crippen LogP contribution in [0.1, 0.15) is 23.1 Å². The van der Waals surface area contributed by atoms with E-state index in [9.17, 15) is 0 Å². The van der Waals surface area contributed by atoms with E-state index in [1.54, 1.807) is 12.5 Å². The average Bonchev–Trinajstić information content (AvgIpc) is 3.05. The molecule has 1 aromatic carbocycles. The van der Waals surface area contributed by atoms with Crippen LogP contribution in [0.25, 0.3) is 0 Å². The number of pyridine rings is 1. The lowest BCUT2D eigenvalue weighted by atomic mass is 10.0. The number of benzene rings is 1. The Morgan fingerprint density at radius 3 is 2.57 bits per heavy atom. The lowest BCUT2D eigenvalue weighted by Gasteiger charge is -2.17. The quantitative estimate of drug-likeness (QED) is 0.750. The Kier molecular flexibility index (Phi) is 4.48. The number of hydrogen-bond donors (Lipinski definition) is 1. The second-order valence-corrected chi connectivity index (χ2v) is 5.62. The zero-order chi connectivity index (χ0) is 14.5. The molecule has 0 fully saturated rings. The zero-order valence-corrected chi connectivity index (χ0v) is 13.0. The lowest BCUT2D eigenvalue weighted by Crippen LogP contribution is -2.22. The van der Waals surface area contributed by atoms with Crippen molar-refractivity contribution in [1.82, 2.24) is 10.3 Å². The first kappa shape index (κ1) is 14.0. The maximum absolute atomic E-state index is 5.57. The molecule has 0 amide bonds. The minimum atomic E-state index is 0.0200. The van der Waals surface area contributed by atoms with Gasteiger partial charge in [0, 0.05) is 17.2 Å². The summed E-state index contributed by atoms with van der Waals surface area (Å²) >= 11 is 3.40. The van der Waals surface area contributed by atoms with Crippen LogP contribution in [0.2, 0.25) is 0 Å². The summed E-state index contributed by atoms with van der Waals surface area (Å²) in [5.74, 6) is 0.901. The van der Waals surface area contributed by atoms with Crippen LogP contribution in [-0.4, -0.2) is 4.98 Å². The average molecular weight is 343 g/mol. The third-order valence-corrected chi connectivity index (χ3v) is 3.71. The van der Waals surface area contributed by atoms with Crippen molar-refractivity contribution in [2.75, 3.05) is 0 Å². The van der Waals surface area contributed by atoms with Crippen LogP contribution in [0.15, 0.2) is 75.9 Å². The van der Waals surface area contributed by atoms with Gasteiger partial charge in [-0.3, -0.25) is 10.3 Å². The van der Waals surface area contributed by atoms with Crippen LogP contribution in [-0.2, 0) is 6.54 Å². The summed E-state index contributed by atoms with van der Waals surface area (Å²) in [6.45, 7) is 0.674. The summed E-state index contributed by atoms with van der Waals surface area (Å²) in [7, 11) is 0. The Balaban J connectivity index is 1.78. The Morgan fingerprint density at radius 1 is 1.05 bits per heavy atom. The monoisotopic (exact) mass is 342 g/mol. The molecule has 1 atom stereocenters. The van der Waals surface area contributed by atoms with Crippen molar-refractivity contribution in [2.24, 2.45) is 0 Å². The smallest absolute Gasteiger partial charge is 0.125 e. The molecule has 0 spiro atoms. The van der Waals surface area contributed by atoms with Crippen molar-refractivity contribution in [1.29, 1.82) is 0 Å². The first-order chi connectivity index (χ1) is 10.3. The Morgan fingerprint density at radius 2 is 1.90 bits per heavy atom. The maximum Gasteiger partial charge on any atom is 0.125 e. The molecular weight excluding hydrogens is 328 g/mol. The van der Waals surface area contributed by atoms with Crippen molar-refractivity contribution in [3.63, 3.8) is 0 Å². The molecule has 3 nitrogen and oxygen atoms in total. The van der Waals surface area contributed by atoms with Gasteiger partial charge in [-0.1, -0.05) is 30.3 Å². The van der Waals surface area contributed by atoms with Gasteiger partial charge in [0.2, 0.25) is 0 Å². The molecule has 0 aliphatic heterocycles. The van der Waals surface area contributed by atoms with E-state index < -0.39 is 0 Å². The van der Waals surface area contributed by atoms with E-state index in [0.717, 1.165) is 15.9 Å². The van der Waals surface area contributed by atoms with Gasteiger partial charge in [-0.25, -0.2) is 0 Å². The highest BCUT2D eigenvalue weighted by atomic mass is 79.9.